The summed E-state index contributed by atoms with van der Waals surface area (Å²) in [6.45, 7) is 3.66. The summed E-state index contributed by atoms with van der Waals surface area (Å²) in [6, 6.07) is 5.08. The number of nitrogens with two attached hydrogens (primary N) is 1. The summed E-state index contributed by atoms with van der Waals surface area (Å²) < 4.78 is 31.9. The summed E-state index contributed by atoms with van der Waals surface area (Å²) in [5.74, 6) is 0. The number of rotatable bonds is 5. The number of nitrogens with one attached hydrogen (secondary N) is 2. The highest BCUT2D eigenvalue weighted by molar-refractivity contribution is 7.91. The molecular formula is C11H17N3O4S. The van der Waals surface area contributed by atoms with Crippen molar-refractivity contribution in [2.75, 3.05) is 11.3 Å². The molecule has 8 heteroatoms. The van der Waals surface area contributed by atoms with Gasteiger partial charge in [-0.3, -0.25) is 4.72 Å². The highest BCUT2D eigenvalue weighted by Crippen LogP contribution is 2.19. The second kappa shape index (κ2) is 6.39. The van der Waals surface area contributed by atoms with E-state index in [1.807, 2.05) is 13.0 Å². The van der Waals surface area contributed by atoms with Gasteiger partial charge >= 0.3 is 16.3 Å². The highest BCUT2D eigenvalue weighted by Gasteiger charge is 2.16. The molecule has 0 saturated carbocycles. The molecule has 0 atom stereocenters. The van der Waals surface area contributed by atoms with Gasteiger partial charge in [-0.15, -0.1) is 0 Å². The molecule has 1 amide bonds. The Morgan fingerprint density at radius 3 is 2.68 bits per heavy atom. The number of ether oxygens (including phenoxy) is 1. The molecule has 0 aliphatic rings. The van der Waals surface area contributed by atoms with E-state index in [1.165, 1.54) is 0 Å². The fraction of sp³-hybridized carbons (Fsp3) is 0.364. The summed E-state index contributed by atoms with van der Waals surface area (Å²) in [5, 5.41) is 0. The Labute approximate surface area is 112 Å². The molecule has 1 rings (SSSR count). The van der Waals surface area contributed by atoms with Gasteiger partial charge < -0.3 is 10.5 Å². The van der Waals surface area contributed by atoms with Gasteiger partial charge in [0, 0.05) is 6.54 Å². The van der Waals surface area contributed by atoms with E-state index >= 15 is 0 Å². The van der Waals surface area contributed by atoms with Gasteiger partial charge in [0.05, 0.1) is 12.3 Å². The number of carbonyl (C=O) groups excluding carboxylic acids is 1. The van der Waals surface area contributed by atoms with Crippen molar-refractivity contribution in [1.29, 1.82) is 0 Å². The van der Waals surface area contributed by atoms with Crippen LogP contribution < -0.4 is 15.2 Å². The number of carbonyl (C=O) groups is 1. The molecule has 0 heterocycles. The van der Waals surface area contributed by atoms with Crippen LogP contribution in [0, 0.1) is 6.92 Å². The third-order valence-electron chi connectivity index (χ3n) is 2.35. The molecule has 0 radical (unpaired) electrons. The maximum Gasteiger partial charge on any atom is 0.422 e. The molecule has 0 unspecified atom stereocenters. The van der Waals surface area contributed by atoms with Crippen molar-refractivity contribution in [2.45, 2.75) is 20.4 Å². The molecule has 106 valence electrons. The maximum absolute atomic E-state index is 11.7. The minimum Gasteiger partial charge on any atom is -0.449 e. The molecule has 0 saturated heterocycles. The van der Waals surface area contributed by atoms with Gasteiger partial charge in [-0.25, -0.2) is 9.52 Å². The lowest BCUT2D eigenvalue weighted by molar-refractivity contribution is 0.159. The predicted molar refractivity (Wildman–Crippen MR) is 71.8 cm³/mol. The summed E-state index contributed by atoms with van der Waals surface area (Å²) in [6.07, 6.45) is -1.03. The molecule has 0 aliphatic heterocycles. The largest absolute Gasteiger partial charge is 0.449 e. The van der Waals surface area contributed by atoms with Crippen LogP contribution in [-0.4, -0.2) is 21.1 Å². The lowest BCUT2D eigenvalue weighted by atomic mass is 10.1. The van der Waals surface area contributed by atoms with E-state index in [1.54, 1.807) is 23.8 Å². The summed E-state index contributed by atoms with van der Waals surface area (Å²) in [7, 11) is -4.04. The van der Waals surface area contributed by atoms with E-state index in [0.29, 0.717) is 11.3 Å². The van der Waals surface area contributed by atoms with Gasteiger partial charge in [0.25, 0.3) is 0 Å². The van der Waals surface area contributed by atoms with Crippen molar-refractivity contribution in [2.24, 2.45) is 5.73 Å². The zero-order valence-corrected chi connectivity index (χ0v) is 11.6. The molecular weight excluding hydrogens is 270 g/mol. The predicted octanol–water partition coefficient (Wildman–Crippen LogP) is 0.857. The van der Waals surface area contributed by atoms with Crippen molar-refractivity contribution in [3.05, 3.63) is 29.3 Å². The Kier molecular flexibility index (Phi) is 5.13. The number of aryl methyl sites for hydroxylation is 1. The number of amides is 1. The number of hydrogen-bond donors (Lipinski definition) is 3. The van der Waals surface area contributed by atoms with Crippen LogP contribution in [-0.2, 0) is 21.5 Å². The molecule has 0 aliphatic carbocycles. The molecule has 19 heavy (non-hydrogen) atoms. The second-order valence-corrected chi connectivity index (χ2v) is 5.15. The van der Waals surface area contributed by atoms with Crippen LogP contribution in [0.4, 0.5) is 10.5 Å². The van der Waals surface area contributed by atoms with Crippen molar-refractivity contribution in [3.8, 4) is 0 Å². The third kappa shape index (κ3) is 4.42. The molecule has 1 aromatic rings. The third-order valence-corrected chi connectivity index (χ3v) is 3.28. The molecule has 7 nitrogen and oxygen atoms in total. The number of anilines is 1. The first-order chi connectivity index (χ1) is 8.89. The molecule has 0 aromatic heterocycles. The summed E-state index contributed by atoms with van der Waals surface area (Å²) in [5.41, 5.74) is 7.43. The van der Waals surface area contributed by atoms with Gasteiger partial charge in [0.2, 0.25) is 0 Å². The smallest absolute Gasteiger partial charge is 0.422 e. The van der Waals surface area contributed by atoms with Crippen LogP contribution in [0.2, 0.25) is 0 Å². The highest BCUT2D eigenvalue weighted by atomic mass is 32.2. The minimum atomic E-state index is -4.04. The molecule has 1 aromatic carbocycles. The quantitative estimate of drug-likeness (QED) is 0.743. The van der Waals surface area contributed by atoms with Crippen LogP contribution in [0.25, 0.3) is 0 Å². The van der Waals surface area contributed by atoms with Crippen LogP contribution in [0.5, 0.6) is 0 Å². The molecule has 0 bridgehead atoms. The van der Waals surface area contributed by atoms with Crippen molar-refractivity contribution in [3.63, 3.8) is 0 Å². The van der Waals surface area contributed by atoms with Crippen LogP contribution in [0.15, 0.2) is 18.2 Å². The Bertz CT molecular complexity index is 557. The first-order valence-corrected chi connectivity index (χ1v) is 7.13. The van der Waals surface area contributed by atoms with Gasteiger partial charge in [-0.2, -0.15) is 8.42 Å². The minimum absolute atomic E-state index is 0.0832. The Balaban J connectivity index is 2.90. The monoisotopic (exact) mass is 287 g/mol. The SMILES string of the molecule is CCOC(=O)NS(=O)(=O)Nc1cccc(C)c1CN. The number of hydrogen-bond acceptors (Lipinski definition) is 5. The van der Waals surface area contributed by atoms with Gasteiger partial charge in [-0.1, -0.05) is 12.1 Å². The summed E-state index contributed by atoms with van der Waals surface area (Å²) >= 11 is 0. The second-order valence-electron chi connectivity index (χ2n) is 3.73. The fourth-order valence-corrected chi connectivity index (χ4v) is 2.32. The Morgan fingerprint density at radius 1 is 1.42 bits per heavy atom. The molecule has 0 spiro atoms. The Hall–Kier alpha value is -1.80. The summed E-state index contributed by atoms with van der Waals surface area (Å²) in [4.78, 5) is 11.1. The van der Waals surface area contributed by atoms with Crippen molar-refractivity contribution in [1.82, 2.24) is 4.72 Å². The fourth-order valence-electron chi connectivity index (χ4n) is 1.51. The van der Waals surface area contributed by atoms with E-state index in [9.17, 15) is 13.2 Å². The zero-order valence-electron chi connectivity index (χ0n) is 10.8. The van der Waals surface area contributed by atoms with Crippen LogP contribution >= 0.6 is 0 Å². The van der Waals surface area contributed by atoms with E-state index in [2.05, 4.69) is 9.46 Å². The van der Waals surface area contributed by atoms with Gasteiger partial charge in [0.1, 0.15) is 0 Å². The van der Waals surface area contributed by atoms with Crippen molar-refractivity contribution >= 4 is 22.0 Å². The first-order valence-electron chi connectivity index (χ1n) is 5.65. The topological polar surface area (TPSA) is 111 Å². The van der Waals surface area contributed by atoms with E-state index < -0.39 is 16.3 Å². The average molecular weight is 287 g/mol. The Morgan fingerprint density at radius 2 is 2.11 bits per heavy atom. The standard InChI is InChI=1S/C11H17N3O4S/c1-3-18-11(15)14-19(16,17)13-10-6-4-5-8(2)9(10)7-12/h4-6,13H,3,7,12H2,1-2H3,(H,14,15). The van der Waals surface area contributed by atoms with Gasteiger partial charge in [-0.05, 0) is 31.0 Å². The average Bonchev–Trinajstić information content (AvgIpc) is 2.28. The molecule has 0 fully saturated rings. The zero-order chi connectivity index (χ0) is 14.5. The lowest BCUT2D eigenvalue weighted by Gasteiger charge is -2.13. The normalized spacial score (nSPS) is 10.9. The van der Waals surface area contributed by atoms with E-state index in [-0.39, 0.29) is 13.2 Å². The number of benzene rings is 1. The van der Waals surface area contributed by atoms with E-state index in [0.717, 1.165) is 5.56 Å². The van der Waals surface area contributed by atoms with E-state index in [4.69, 9.17) is 5.73 Å². The van der Waals surface area contributed by atoms with Gasteiger partial charge in [0.15, 0.2) is 0 Å². The maximum atomic E-state index is 11.7. The van der Waals surface area contributed by atoms with Crippen LogP contribution in [0.3, 0.4) is 0 Å². The molecule has 4 N–H and O–H groups in total. The lowest BCUT2D eigenvalue weighted by Crippen LogP contribution is -2.36. The van der Waals surface area contributed by atoms with Crippen molar-refractivity contribution < 1.29 is 17.9 Å². The first kappa shape index (κ1) is 15.3. The van der Waals surface area contributed by atoms with Crippen LogP contribution in [0.1, 0.15) is 18.1 Å².